The highest BCUT2D eigenvalue weighted by atomic mass is 35.5. The first-order valence-electron chi connectivity index (χ1n) is 13.7. The van der Waals surface area contributed by atoms with Crippen molar-refractivity contribution in [2.75, 3.05) is 32.7 Å². The van der Waals surface area contributed by atoms with Gasteiger partial charge in [0.05, 0.1) is 23.8 Å². The molecule has 2 saturated heterocycles. The first-order valence-corrected chi connectivity index (χ1v) is 14.1. The number of piperazine rings is 1. The number of hydrogen-bond acceptors (Lipinski definition) is 6. The molecule has 6 rings (SSSR count). The summed E-state index contributed by atoms with van der Waals surface area (Å²) in [6, 6.07) is 8.35. The maximum absolute atomic E-state index is 14.0. The lowest BCUT2D eigenvalue weighted by atomic mass is 9.95. The lowest BCUT2D eigenvalue weighted by molar-refractivity contribution is -0.141. The fourth-order valence-corrected chi connectivity index (χ4v) is 6.49. The molecule has 0 unspecified atom stereocenters. The molecule has 3 aromatic rings. The van der Waals surface area contributed by atoms with Crippen LogP contribution in [0.2, 0.25) is 5.02 Å². The molecule has 11 heteroatoms. The van der Waals surface area contributed by atoms with Gasteiger partial charge >= 0.3 is 6.09 Å². The number of piperidine rings is 1. The number of aryl methyl sites for hydroxylation is 1. The quantitative estimate of drug-likeness (QED) is 0.513. The predicted molar refractivity (Wildman–Crippen MR) is 148 cm³/mol. The highest BCUT2D eigenvalue weighted by Crippen LogP contribution is 2.40. The molecular weight excluding hydrogens is 532 g/mol. The van der Waals surface area contributed by atoms with Crippen LogP contribution in [0.4, 0.5) is 4.79 Å². The number of carbonyl (C=O) groups excluding carboxylic acids is 1. The van der Waals surface area contributed by atoms with Gasteiger partial charge < -0.3 is 19.3 Å². The van der Waals surface area contributed by atoms with E-state index in [4.69, 9.17) is 21.3 Å². The molecule has 3 aliphatic heterocycles. The van der Waals surface area contributed by atoms with Gasteiger partial charge in [-0.15, -0.1) is 0 Å². The van der Waals surface area contributed by atoms with Crippen LogP contribution in [0.3, 0.4) is 0 Å². The van der Waals surface area contributed by atoms with Gasteiger partial charge in [-0.25, -0.2) is 9.78 Å². The molecule has 210 valence electrons. The van der Waals surface area contributed by atoms with Crippen LogP contribution in [0.25, 0.3) is 0 Å². The van der Waals surface area contributed by atoms with Crippen molar-refractivity contribution in [2.45, 2.75) is 45.0 Å². The molecule has 2 amide bonds. The Balaban J connectivity index is 1.27. The van der Waals surface area contributed by atoms with Gasteiger partial charge in [0.25, 0.3) is 0 Å². The van der Waals surface area contributed by atoms with Crippen LogP contribution in [-0.2, 0) is 17.9 Å². The number of hydrogen-bond donors (Lipinski definition) is 1. The summed E-state index contributed by atoms with van der Waals surface area (Å²) in [6.07, 6.45) is 6.44. The number of carbonyl (C=O) groups is 2. The highest BCUT2D eigenvalue weighted by molar-refractivity contribution is 6.30. The molecule has 0 saturated carbocycles. The van der Waals surface area contributed by atoms with Gasteiger partial charge in [0.15, 0.2) is 0 Å². The first-order chi connectivity index (χ1) is 19.4. The number of imidazole rings is 1. The van der Waals surface area contributed by atoms with E-state index in [1.165, 1.54) is 4.90 Å². The number of likely N-dealkylation sites (tertiary alicyclic amines) is 1. The Labute approximate surface area is 238 Å². The van der Waals surface area contributed by atoms with E-state index in [1.54, 1.807) is 6.20 Å². The molecule has 2 fully saturated rings. The predicted octanol–water partition coefficient (Wildman–Crippen LogP) is 3.82. The Kier molecular flexibility index (Phi) is 7.37. The molecule has 0 bridgehead atoms. The molecule has 5 heterocycles. The summed E-state index contributed by atoms with van der Waals surface area (Å²) < 4.78 is 8.20. The molecule has 0 spiro atoms. The maximum Gasteiger partial charge on any atom is 0.408 e. The molecule has 1 N–H and O–H groups in total. The van der Waals surface area contributed by atoms with Crippen molar-refractivity contribution in [1.82, 2.24) is 29.2 Å². The molecule has 10 nitrogen and oxygen atoms in total. The minimum absolute atomic E-state index is 0.138. The average Bonchev–Trinajstić information content (AvgIpc) is 3.29. The Morgan fingerprint density at radius 1 is 1.15 bits per heavy atom. The van der Waals surface area contributed by atoms with Crippen LogP contribution >= 0.6 is 11.6 Å². The first kappa shape index (κ1) is 26.6. The van der Waals surface area contributed by atoms with Crippen molar-refractivity contribution in [3.63, 3.8) is 0 Å². The minimum atomic E-state index is -1.07. The van der Waals surface area contributed by atoms with Gasteiger partial charge in [-0.05, 0) is 43.9 Å². The summed E-state index contributed by atoms with van der Waals surface area (Å²) in [5, 5.41) is 10.6. The van der Waals surface area contributed by atoms with Crippen molar-refractivity contribution < 1.29 is 19.4 Å². The van der Waals surface area contributed by atoms with Gasteiger partial charge in [0.2, 0.25) is 5.91 Å². The maximum atomic E-state index is 14.0. The molecule has 0 aliphatic carbocycles. The van der Waals surface area contributed by atoms with Gasteiger partial charge in [-0.1, -0.05) is 23.7 Å². The summed E-state index contributed by atoms with van der Waals surface area (Å²) in [5.41, 5.74) is 3.68. The molecule has 3 atom stereocenters. The van der Waals surface area contributed by atoms with Crippen molar-refractivity contribution >= 4 is 23.6 Å². The number of carboxylic acid groups (broad SMARTS) is 1. The van der Waals surface area contributed by atoms with E-state index in [2.05, 4.69) is 14.5 Å². The van der Waals surface area contributed by atoms with Crippen molar-refractivity contribution in [1.29, 1.82) is 0 Å². The second-order valence-electron chi connectivity index (χ2n) is 10.9. The number of ether oxygens (including phenoxy) is 1. The van der Waals surface area contributed by atoms with Crippen molar-refractivity contribution in [2.24, 2.45) is 5.92 Å². The van der Waals surface area contributed by atoms with E-state index >= 15 is 0 Å². The van der Waals surface area contributed by atoms with Crippen molar-refractivity contribution in [3.8, 4) is 5.75 Å². The zero-order valence-electron chi connectivity index (χ0n) is 22.4. The largest absolute Gasteiger partial charge is 0.488 e. The Morgan fingerprint density at radius 2 is 2.02 bits per heavy atom. The number of aromatic nitrogens is 3. The molecule has 1 aromatic carbocycles. The number of fused-ring (bicyclic) bond motifs is 2. The summed E-state index contributed by atoms with van der Waals surface area (Å²) in [6.45, 7) is 5.28. The number of amides is 2. The monoisotopic (exact) mass is 564 g/mol. The second kappa shape index (κ2) is 11.1. The van der Waals surface area contributed by atoms with Crippen molar-refractivity contribution in [3.05, 3.63) is 76.6 Å². The van der Waals surface area contributed by atoms with E-state index in [0.29, 0.717) is 37.0 Å². The summed E-state index contributed by atoms with van der Waals surface area (Å²) in [7, 11) is 0. The summed E-state index contributed by atoms with van der Waals surface area (Å²) >= 11 is 6.31. The average molecular weight is 565 g/mol. The smallest absolute Gasteiger partial charge is 0.408 e. The summed E-state index contributed by atoms with van der Waals surface area (Å²) in [4.78, 5) is 40.7. The van der Waals surface area contributed by atoms with Crippen LogP contribution in [0.15, 0.2) is 49.1 Å². The van der Waals surface area contributed by atoms with Crippen LogP contribution in [-0.4, -0.2) is 85.1 Å². The lowest BCUT2D eigenvalue weighted by Crippen LogP contribution is -2.62. The van der Waals surface area contributed by atoms with Gasteiger partial charge in [0, 0.05) is 67.8 Å². The third-order valence-electron chi connectivity index (χ3n) is 8.21. The van der Waals surface area contributed by atoms with E-state index in [1.807, 2.05) is 54.7 Å². The van der Waals surface area contributed by atoms with E-state index in [9.17, 15) is 14.7 Å². The minimum Gasteiger partial charge on any atom is -0.488 e. The number of rotatable bonds is 4. The standard InChI is InChI=1S/C29H33ClN6O4/c1-19-13-33(18-32-19)14-20-4-3-9-35(15-20)28(37)24-16-34(10-11-36(24)29(38)39)27-23-7-6-22(30)12-25(23)40-17-21-5-2-8-31-26(21)27/h2,5-8,12-13,18,20,24,27H,3-4,9-11,14-17H2,1H3,(H,38,39)/t20-,24-,27+/m0/s1. The molecule has 0 radical (unpaired) electrons. The lowest BCUT2D eigenvalue weighted by Gasteiger charge is -2.44. The fourth-order valence-electron chi connectivity index (χ4n) is 6.32. The molecule has 40 heavy (non-hydrogen) atoms. The van der Waals surface area contributed by atoms with E-state index in [0.717, 1.165) is 41.9 Å². The highest BCUT2D eigenvalue weighted by Gasteiger charge is 2.42. The van der Waals surface area contributed by atoms with Crippen LogP contribution in [0.5, 0.6) is 5.75 Å². The van der Waals surface area contributed by atoms with E-state index in [-0.39, 0.29) is 31.0 Å². The van der Waals surface area contributed by atoms with Crippen LogP contribution in [0, 0.1) is 12.8 Å². The zero-order chi connectivity index (χ0) is 27.8. The molecule has 2 aromatic heterocycles. The fraction of sp³-hybridized carbons (Fsp3) is 0.448. The van der Waals surface area contributed by atoms with Gasteiger partial charge in [-0.3, -0.25) is 19.6 Å². The Bertz CT molecular complexity index is 1410. The Morgan fingerprint density at radius 3 is 2.83 bits per heavy atom. The SMILES string of the molecule is Cc1cn(C[C@@H]2CCCN(C(=O)[C@@H]3CN([C@@H]4c5ccc(Cl)cc5OCc5cccnc54)CCN3C(=O)O)C2)cn1. The number of nitrogens with zero attached hydrogens (tertiary/aromatic N) is 6. The second-order valence-corrected chi connectivity index (χ2v) is 11.3. The third kappa shape index (κ3) is 5.25. The van der Waals surface area contributed by atoms with Crippen LogP contribution in [0.1, 0.15) is 41.4 Å². The summed E-state index contributed by atoms with van der Waals surface area (Å²) in [5.74, 6) is 0.824. The number of benzene rings is 1. The normalized spacial score (nSPS) is 23.1. The molecule has 3 aliphatic rings. The topological polar surface area (TPSA) is 104 Å². The zero-order valence-corrected chi connectivity index (χ0v) is 23.2. The Hall–Kier alpha value is -3.63. The number of pyridine rings is 1. The van der Waals surface area contributed by atoms with Gasteiger partial charge in [0.1, 0.15) is 18.4 Å². The van der Waals surface area contributed by atoms with Crippen LogP contribution < -0.4 is 4.74 Å². The third-order valence-corrected chi connectivity index (χ3v) is 8.44. The molecular formula is C29H33ClN6O4. The van der Waals surface area contributed by atoms with E-state index < -0.39 is 12.1 Å². The number of halogens is 1. The van der Waals surface area contributed by atoms with Gasteiger partial charge in [-0.2, -0.15) is 0 Å².